The fourth-order valence-corrected chi connectivity index (χ4v) is 4.88. The van der Waals surface area contributed by atoms with Crippen molar-refractivity contribution in [3.05, 3.63) is 12.7 Å². The van der Waals surface area contributed by atoms with Gasteiger partial charge < -0.3 is 33.2 Å². The first-order valence-corrected chi connectivity index (χ1v) is 8.02. The zero-order valence-corrected chi connectivity index (χ0v) is 14.5. The van der Waals surface area contributed by atoms with Gasteiger partial charge in [0.25, 0.3) is 20.0 Å². The van der Waals surface area contributed by atoms with Gasteiger partial charge in [-0.3, -0.25) is 0 Å². The standard InChI is InChI=1S/C12H24O8Si/c1-8-10(13)20-9-21(11(14-2,15-3)16-4)12(17-5,18-6)19-7/h8,21H,1,9H2,2-7H3. The summed E-state index contributed by atoms with van der Waals surface area (Å²) in [4.78, 5) is 11.3. The number of hydrogen-bond donors (Lipinski definition) is 0. The topological polar surface area (TPSA) is 81.7 Å². The number of hydrogen-bond acceptors (Lipinski definition) is 8. The molecule has 21 heavy (non-hydrogen) atoms. The van der Waals surface area contributed by atoms with Crippen molar-refractivity contribution in [2.45, 2.75) is 11.2 Å². The first-order valence-electron chi connectivity index (χ1n) is 6.05. The van der Waals surface area contributed by atoms with Gasteiger partial charge in [0.1, 0.15) is 0 Å². The van der Waals surface area contributed by atoms with Crippen molar-refractivity contribution in [2.24, 2.45) is 0 Å². The normalized spacial score (nSPS) is 12.5. The molecular weight excluding hydrogens is 300 g/mol. The van der Waals surface area contributed by atoms with Gasteiger partial charge in [0.15, 0.2) is 0 Å². The molecule has 0 fully saturated rings. The zero-order chi connectivity index (χ0) is 16.5. The molecule has 9 heteroatoms. The third-order valence-electron chi connectivity index (χ3n) is 3.12. The Bertz CT molecular complexity index is 291. The van der Waals surface area contributed by atoms with Gasteiger partial charge in [-0.25, -0.2) is 4.79 Å². The van der Waals surface area contributed by atoms with E-state index in [1.807, 2.05) is 0 Å². The highest BCUT2D eigenvalue weighted by molar-refractivity contribution is 6.63. The molecule has 0 aromatic heterocycles. The smallest absolute Gasteiger partial charge is 0.329 e. The van der Waals surface area contributed by atoms with Crippen LogP contribution in [0.5, 0.6) is 0 Å². The fraction of sp³-hybridized carbons (Fsp3) is 0.750. The van der Waals surface area contributed by atoms with Gasteiger partial charge in [0, 0.05) is 48.7 Å². The lowest BCUT2D eigenvalue weighted by molar-refractivity contribution is -0.340. The second kappa shape index (κ2) is 9.25. The van der Waals surface area contributed by atoms with Crippen molar-refractivity contribution in [3.63, 3.8) is 0 Å². The summed E-state index contributed by atoms with van der Waals surface area (Å²) in [5, 5.41) is 0. The highest BCUT2D eigenvalue weighted by atomic mass is 28.3. The number of methoxy groups -OCH3 is 6. The molecule has 0 rings (SSSR count). The molecule has 0 amide bonds. The molecule has 0 aliphatic carbocycles. The van der Waals surface area contributed by atoms with Crippen molar-refractivity contribution in [1.82, 2.24) is 0 Å². The summed E-state index contributed by atoms with van der Waals surface area (Å²) in [5.74, 6) is -0.595. The molecule has 0 unspecified atom stereocenters. The van der Waals surface area contributed by atoms with E-state index in [4.69, 9.17) is 33.2 Å². The predicted molar refractivity (Wildman–Crippen MR) is 75.8 cm³/mol. The molecule has 0 atom stereocenters. The molecule has 124 valence electrons. The fourth-order valence-electron chi connectivity index (χ4n) is 2.00. The van der Waals surface area contributed by atoms with Crippen molar-refractivity contribution < 1.29 is 38.0 Å². The molecule has 0 saturated heterocycles. The predicted octanol–water partition coefficient (Wildman–Crippen LogP) is -0.254. The Hall–Kier alpha value is -0.813. The molecule has 8 nitrogen and oxygen atoms in total. The van der Waals surface area contributed by atoms with E-state index in [2.05, 4.69) is 6.58 Å². The maximum absolute atomic E-state index is 11.3. The van der Waals surface area contributed by atoms with E-state index < -0.39 is 26.0 Å². The Morgan fingerprint density at radius 3 is 1.48 bits per heavy atom. The number of carbonyl (C=O) groups excluding carboxylic acids is 1. The molecular formula is C12H24O8Si. The Kier molecular flexibility index (Phi) is 8.90. The van der Waals surface area contributed by atoms with Crippen molar-refractivity contribution in [3.8, 4) is 0 Å². The number of esters is 1. The van der Waals surface area contributed by atoms with Crippen LogP contribution in [-0.4, -0.2) is 74.8 Å². The Labute approximate surface area is 126 Å². The van der Waals surface area contributed by atoms with Crippen LogP contribution >= 0.6 is 0 Å². The van der Waals surface area contributed by atoms with Gasteiger partial charge in [0.2, 0.25) is 0 Å². The second-order valence-corrected chi connectivity index (χ2v) is 6.67. The molecule has 0 saturated carbocycles. The van der Waals surface area contributed by atoms with Gasteiger partial charge in [-0.2, -0.15) is 0 Å². The quantitative estimate of drug-likeness (QED) is 0.223. The minimum absolute atomic E-state index is 0.0874. The van der Waals surface area contributed by atoms with E-state index in [0.717, 1.165) is 6.08 Å². The van der Waals surface area contributed by atoms with Crippen LogP contribution in [0, 0.1) is 0 Å². The van der Waals surface area contributed by atoms with Crippen LogP contribution in [0.3, 0.4) is 0 Å². The maximum atomic E-state index is 11.3. The maximum Gasteiger partial charge on any atom is 0.329 e. The molecule has 0 aliphatic rings. The first-order chi connectivity index (χ1) is 9.95. The van der Waals surface area contributed by atoms with Crippen LogP contribution < -0.4 is 0 Å². The summed E-state index contributed by atoms with van der Waals surface area (Å²) in [6.07, 6.45) is 0.962. The summed E-state index contributed by atoms with van der Waals surface area (Å²) in [7, 11) is 5.75. The van der Waals surface area contributed by atoms with E-state index in [1.54, 1.807) is 0 Å². The largest absolute Gasteiger partial charge is 0.466 e. The molecule has 0 heterocycles. The molecule has 0 aliphatic heterocycles. The minimum atomic E-state index is -2.63. The lowest BCUT2D eigenvalue weighted by atomic mass is 10.7. The molecule has 0 aromatic carbocycles. The van der Waals surface area contributed by atoms with E-state index in [0.29, 0.717) is 0 Å². The highest BCUT2D eigenvalue weighted by Crippen LogP contribution is 2.29. The summed E-state index contributed by atoms with van der Waals surface area (Å²) in [5.41, 5.74) is -2.97. The summed E-state index contributed by atoms with van der Waals surface area (Å²) < 4.78 is 37.1. The van der Waals surface area contributed by atoms with Gasteiger partial charge >= 0.3 is 5.97 Å². The van der Waals surface area contributed by atoms with E-state index >= 15 is 0 Å². The third-order valence-corrected chi connectivity index (χ3v) is 6.74. The lowest BCUT2D eigenvalue weighted by Gasteiger charge is -2.43. The van der Waals surface area contributed by atoms with Crippen LogP contribution in [0.15, 0.2) is 12.7 Å². The number of ether oxygens (including phenoxy) is 7. The lowest BCUT2D eigenvalue weighted by Crippen LogP contribution is -2.68. The third kappa shape index (κ3) is 4.33. The summed E-state index contributed by atoms with van der Waals surface area (Å²) in [6, 6.07) is 0. The molecule has 0 aromatic rings. The van der Waals surface area contributed by atoms with Gasteiger partial charge in [-0.05, 0) is 0 Å². The summed E-state index contributed by atoms with van der Waals surface area (Å²) >= 11 is 0. The van der Waals surface area contributed by atoms with E-state index in [1.165, 1.54) is 42.7 Å². The van der Waals surface area contributed by atoms with Gasteiger partial charge in [0.05, 0.1) is 6.23 Å². The Morgan fingerprint density at radius 1 is 0.905 bits per heavy atom. The monoisotopic (exact) mass is 324 g/mol. The SMILES string of the molecule is C=CC(=O)OC[SiH](C(OC)(OC)OC)C(OC)(OC)OC. The van der Waals surface area contributed by atoms with Crippen LogP contribution in [0.4, 0.5) is 0 Å². The van der Waals surface area contributed by atoms with Crippen LogP contribution in [0.1, 0.15) is 0 Å². The van der Waals surface area contributed by atoms with Crippen LogP contribution in [-0.2, 0) is 38.0 Å². The zero-order valence-electron chi connectivity index (χ0n) is 13.3. The highest BCUT2D eigenvalue weighted by Gasteiger charge is 2.58. The summed E-state index contributed by atoms with van der Waals surface area (Å²) in [6.45, 7) is 3.34. The molecule has 0 bridgehead atoms. The molecule has 0 N–H and O–H groups in total. The Balaban J connectivity index is 5.62. The van der Waals surface area contributed by atoms with Crippen LogP contribution in [0.2, 0.25) is 0 Å². The van der Waals surface area contributed by atoms with E-state index in [-0.39, 0.29) is 6.23 Å². The number of carbonyl (C=O) groups is 1. The van der Waals surface area contributed by atoms with Gasteiger partial charge in [-0.15, -0.1) is 0 Å². The van der Waals surface area contributed by atoms with Crippen molar-refractivity contribution >= 4 is 14.8 Å². The second-order valence-electron chi connectivity index (χ2n) is 3.82. The number of rotatable bonds is 11. The molecule has 0 spiro atoms. The van der Waals surface area contributed by atoms with Crippen LogP contribution in [0.25, 0.3) is 0 Å². The first kappa shape index (κ1) is 20.2. The Morgan fingerprint density at radius 2 is 1.24 bits per heavy atom. The average Bonchev–Trinajstić information content (AvgIpc) is 2.55. The van der Waals surface area contributed by atoms with Gasteiger partial charge in [-0.1, -0.05) is 6.58 Å². The average molecular weight is 324 g/mol. The van der Waals surface area contributed by atoms with Crippen molar-refractivity contribution in [2.75, 3.05) is 48.9 Å². The van der Waals surface area contributed by atoms with Crippen molar-refractivity contribution in [1.29, 1.82) is 0 Å². The van der Waals surface area contributed by atoms with E-state index in [9.17, 15) is 4.79 Å². The minimum Gasteiger partial charge on any atom is -0.466 e. The molecule has 0 radical (unpaired) electrons.